The lowest BCUT2D eigenvalue weighted by Crippen LogP contribution is -2.09. The van der Waals surface area contributed by atoms with Crippen molar-refractivity contribution in [3.8, 4) is 0 Å². The van der Waals surface area contributed by atoms with Crippen LogP contribution in [0.25, 0.3) is 0 Å². The zero-order valence-corrected chi connectivity index (χ0v) is 16.5. The predicted octanol–water partition coefficient (Wildman–Crippen LogP) is 3.45. The fourth-order valence-corrected chi connectivity index (χ4v) is 2.70. The summed E-state index contributed by atoms with van der Waals surface area (Å²) < 4.78 is 9.39. The number of rotatable bonds is 7. The average molecular weight is 423 g/mol. The summed E-state index contributed by atoms with van der Waals surface area (Å²) in [5, 5.41) is 17.4. The molecule has 0 radical (unpaired) electrons. The number of aromatic nitrogens is 2. The Bertz CT molecular complexity index is 1100. The molecule has 31 heavy (non-hydrogen) atoms. The van der Waals surface area contributed by atoms with Gasteiger partial charge in [-0.3, -0.25) is 10.1 Å². The number of nitro groups is 1. The van der Waals surface area contributed by atoms with Gasteiger partial charge in [0.15, 0.2) is 0 Å². The van der Waals surface area contributed by atoms with E-state index in [-0.39, 0.29) is 28.5 Å². The molecule has 11 nitrogen and oxygen atoms in total. The Labute approximate surface area is 176 Å². The molecule has 1 heterocycles. The molecule has 0 amide bonds. The first kappa shape index (κ1) is 21.2. The Kier molecular flexibility index (Phi) is 6.36. The monoisotopic (exact) mass is 423 g/mol. The van der Waals surface area contributed by atoms with E-state index in [4.69, 9.17) is 9.47 Å². The SMILES string of the molecule is COC(=O)c1cc(Nc2ncnc(Nc3ccccc3)c2[N+](=O)[O-])cc(C(=O)OC)c1. The van der Waals surface area contributed by atoms with E-state index < -0.39 is 22.5 Å². The lowest BCUT2D eigenvalue weighted by Gasteiger charge is -2.12. The molecule has 0 atom stereocenters. The molecule has 0 aliphatic rings. The van der Waals surface area contributed by atoms with E-state index in [1.807, 2.05) is 0 Å². The van der Waals surface area contributed by atoms with Gasteiger partial charge in [0.05, 0.1) is 30.3 Å². The van der Waals surface area contributed by atoms with Crippen LogP contribution >= 0.6 is 0 Å². The molecule has 2 aromatic carbocycles. The number of hydrogen-bond acceptors (Lipinski definition) is 10. The van der Waals surface area contributed by atoms with Gasteiger partial charge in [-0.2, -0.15) is 0 Å². The fourth-order valence-electron chi connectivity index (χ4n) is 2.70. The maximum Gasteiger partial charge on any atom is 0.353 e. The molecular weight excluding hydrogens is 406 g/mol. The van der Waals surface area contributed by atoms with Crippen molar-refractivity contribution >= 4 is 40.6 Å². The second-order valence-corrected chi connectivity index (χ2v) is 6.07. The van der Waals surface area contributed by atoms with Gasteiger partial charge >= 0.3 is 17.6 Å². The second-order valence-electron chi connectivity index (χ2n) is 6.07. The molecule has 11 heteroatoms. The first-order chi connectivity index (χ1) is 14.9. The predicted molar refractivity (Wildman–Crippen MR) is 111 cm³/mol. The van der Waals surface area contributed by atoms with Crippen molar-refractivity contribution in [2.24, 2.45) is 0 Å². The van der Waals surface area contributed by atoms with Crippen molar-refractivity contribution in [2.45, 2.75) is 0 Å². The van der Waals surface area contributed by atoms with Gasteiger partial charge in [0.25, 0.3) is 0 Å². The lowest BCUT2D eigenvalue weighted by molar-refractivity contribution is -0.383. The molecule has 158 valence electrons. The van der Waals surface area contributed by atoms with E-state index in [9.17, 15) is 19.7 Å². The largest absolute Gasteiger partial charge is 0.465 e. The maximum absolute atomic E-state index is 12.0. The average Bonchev–Trinajstić information content (AvgIpc) is 2.78. The minimum atomic E-state index is -0.697. The third-order valence-electron chi connectivity index (χ3n) is 4.08. The number of para-hydroxylation sites is 1. The number of anilines is 4. The number of esters is 2. The number of carbonyl (C=O) groups excluding carboxylic acids is 2. The second kappa shape index (κ2) is 9.31. The number of nitrogens with one attached hydrogen (secondary N) is 2. The Morgan fingerprint density at radius 2 is 1.39 bits per heavy atom. The molecule has 0 fully saturated rings. The standard InChI is InChI=1S/C20H17N5O6/c1-30-19(26)12-8-13(20(27)31-2)10-15(9-12)24-18-16(25(28)29)17(21-11-22-18)23-14-6-4-3-5-7-14/h3-11H,1-2H3,(H2,21,22,23,24). The van der Waals surface area contributed by atoms with Crippen LogP contribution in [0.3, 0.4) is 0 Å². The van der Waals surface area contributed by atoms with Crippen molar-refractivity contribution in [3.63, 3.8) is 0 Å². The molecular formula is C20H17N5O6. The zero-order chi connectivity index (χ0) is 22.4. The Balaban J connectivity index is 2.04. The maximum atomic E-state index is 12.0. The number of nitrogens with zero attached hydrogens (tertiary/aromatic N) is 3. The number of ether oxygens (including phenoxy) is 2. The van der Waals surface area contributed by atoms with Crippen molar-refractivity contribution in [3.05, 3.63) is 76.1 Å². The Hall–Kier alpha value is -4.54. The summed E-state index contributed by atoms with van der Waals surface area (Å²) in [6, 6.07) is 12.8. The summed E-state index contributed by atoms with van der Waals surface area (Å²) in [6.45, 7) is 0. The summed E-state index contributed by atoms with van der Waals surface area (Å²) >= 11 is 0. The molecule has 0 aliphatic heterocycles. The van der Waals surface area contributed by atoms with E-state index in [1.54, 1.807) is 30.3 Å². The Morgan fingerprint density at radius 1 is 0.871 bits per heavy atom. The number of methoxy groups -OCH3 is 2. The molecule has 0 unspecified atom stereocenters. The van der Waals surface area contributed by atoms with E-state index in [2.05, 4.69) is 20.6 Å². The third kappa shape index (κ3) is 4.90. The minimum absolute atomic E-state index is 0.0361. The molecule has 0 saturated carbocycles. The Morgan fingerprint density at radius 3 is 1.87 bits per heavy atom. The van der Waals surface area contributed by atoms with Crippen molar-refractivity contribution in [1.82, 2.24) is 9.97 Å². The molecule has 0 saturated heterocycles. The molecule has 3 aromatic rings. The first-order valence-electron chi connectivity index (χ1n) is 8.83. The fraction of sp³-hybridized carbons (Fsp3) is 0.100. The summed E-state index contributed by atoms with van der Waals surface area (Å²) in [6.07, 6.45) is 1.14. The van der Waals surface area contributed by atoms with Gasteiger partial charge in [0, 0.05) is 11.4 Å². The van der Waals surface area contributed by atoms with Crippen LogP contribution in [0.15, 0.2) is 54.9 Å². The highest BCUT2D eigenvalue weighted by molar-refractivity contribution is 5.97. The van der Waals surface area contributed by atoms with Crippen molar-refractivity contribution < 1.29 is 24.0 Å². The number of benzene rings is 2. The summed E-state index contributed by atoms with van der Waals surface area (Å²) in [7, 11) is 2.38. The van der Waals surface area contributed by atoms with Crippen LogP contribution < -0.4 is 10.6 Å². The topological polar surface area (TPSA) is 146 Å². The van der Waals surface area contributed by atoms with Crippen molar-refractivity contribution in [1.29, 1.82) is 0 Å². The normalized spacial score (nSPS) is 10.1. The van der Waals surface area contributed by atoms with Crippen LogP contribution in [-0.4, -0.2) is 41.0 Å². The number of hydrogen-bond donors (Lipinski definition) is 2. The van der Waals surface area contributed by atoms with Gasteiger partial charge in [-0.05, 0) is 30.3 Å². The highest BCUT2D eigenvalue weighted by Crippen LogP contribution is 2.33. The zero-order valence-electron chi connectivity index (χ0n) is 16.5. The van der Waals surface area contributed by atoms with Crippen LogP contribution in [-0.2, 0) is 9.47 Å². The summed E-state index contributed by atoms with van der Waals surface area (Å²) in [5.74, 6) is -1.57. The van der Waals surface area contributed by atoms with Gasteiger partial charge in [-0.1, -0.05) is 18.2 Å². The van der Waals surface area contributed by atoms with E-state index >= 15 is 0 Å². The van der Waals surface area contributed by atoms with Crippen LogP contribution in [0.5, 0.6) is 0 Å². The first-order valence-corrected chi connectivity index (χ1v) is 8.83. The molecule has 3 rings (SSSR count). The minimum Gasteiger partial charge on any atom is -0.465 e. The lowest BCUT2D eigenvalue weighted by atomic mass is 10.1. The van der Waals surface area contributed by atoms with Gasteiger partial charge in [0.2, 0.25) is 11.6 Å². The summed E-state index contributed by atoms with van der Waals surface area (Å²) in [4.78, 5) is 43.0. The van der Waals surface area contributed by atoms with Crippen LogP contribution in [0.4, 0.5) is 28.7 Å². The van der Waals surface area contributed by atoms with E-state index in [1.165, 1.54) is 32.4 Å². The summed E-state index contributed by atoms with van der Waals surface area (Å²) in [5.41, 5.74) is 0.459. The van der Waals surface area contributed by atoms with Gasteiger partial charge in [-0.15, -0.1) is 0 Å². The van der Waals surface area contributed by atoms with Gasteiger partial charge in [0.1, 0.15) is 6.33 Å². The molecule has 2 N–H and O–H groups in total. The molecule has 1 aromatic heterocycles. The number of carbonyl (C=O) groups is 2. The van der Waals surface area contributed by atoms with Crippen LogP contribution in [0, 0.1) is 10.1 Å². The third-order valence-corrected chi connectivity index (χ3v) is 4.08. The smallest absolute Gasteiger partial charge is 0.353 e. The van der Waals surface area contributed by atoms with Crippen LogP contribution in [0.1, 0.15) is 20.7 Å². The highest BCUT2D eigenvalue weighted by Gasteiger charge is 2.24. The van der Waals surface area contributed by atoms with Gasteiger partial charge < -0.3 is 20.1 Å². The van der Waals surface area contributed by atoms with Gasteiger partial charge in [-0.25, -0.2) is 19.6 Å². The van der Waals surface area contributed by atoms with Crippen LogP contribution in [0.2, 0.25) is 0 Å². The quantitative estimate of drug-likeness (QED) is 0.329. The highest BCUT2D eigenvalue weighted by atomic mass is 16.6. The molecule has 0 aliphatic carbocycles. The van der Waals surface area contributed by atoms with Crippen molar-refractivity contribution in [2.75, 3.05) is 24.9 Å². The molecule has 0 bridgehead atoms. The van der Waals surface area contributed by atoms with E-state index in [0.717, 1.165) is 6.33 Å². The van der Waals surface area contributed by atoms with E-state index in [0.29, 0.717) is 5.69 Å². The molecule has 0 spiro atoms.